The maximum atomic E-state index is 4.98. The van der Waals surface area contributed by atoms with Crippen LogP contribution in [0, 0.1) is 0 Å². The van der Waals surface area contributed by atoms with Gasteiger partial charge in [0.2, 0.25) is 0 Å². The molecular formula is C18H19N. The van der Waals surface area contributed by atoms with Crippen LogP contribution in [0.25, 0.3) is 11.3 Å². The van der Waals surface area contributed by atoms with E-state index in [1.54, 1.807) is 11.1 Å². The van der Waals surface area contributed by atoms with Gasteiger partial charge in [0, 0.05) is 11.3 Å². The van der Waals surface area contributed by atoms with Gasteiger partial charge in [-0.05, 0) is 61.6 Å². The average molecular weight is 249 g/mol. The smallest absolute Gasteiger partial charge is 0.0708 e. The van der Waals surface area contributed by atoms with Gasteiger partial charge in [0.15, 0.2) is 0 Å². The van der Waals surface area contributed by atoms with Crippen molar-refractivity contribution in [3.63, 3.8) is 0 Å². The summed E-state index contributed by atoms with van der Waals surface area (Å²) in [6.07, 6.45) is 7.87. The van der Waals surface area contributed by atoms with Gasteiger partial charge in [-0.1, -0.05) is 30.3 Å². The van der Waals surface area contributed by atoms with E-state index in [1.807, 2.05) is 0 Å². The lowest BCUT2D eigenvalue weighted by atomic mass is 9.75. The molecule has 0 amide bonds. The molecule has 0 N–H and O–H groups in total. The molecule has 2 aliphatic carbocycles. The minimum Gasteiger partial charge on any atom is -0.253 e. The first-order valence-corrected chi connectivity index (χ1v) is 7.50. The first-order chi connectivity index (χ1) is 9.42. The average Bonchev–Trinajstić information content (AvgIpc) is 2.49. The molecule has 0 saturated carbocycles. The van der Waals surface area contributed by atoms with E-state index in [0.29, 0.717) is 0 Å². The molecule has 1 aromatic heterocycles. The Labute approximate surface area is 114 Å². The Kier molecular flexibility index (Phi) is 2.65. The Morgan fingerprint density at radius 2 is 1.74 bits per heavy atom. The van der Waals surface area contributed by atoms with Crippen molar-refractivity contribution in [3.05, 3.63) is 53.2 Å². The van der Waals surface area contributed by atoms with Gasteiger partial charge in [-0.3, -0.25) is 4.98 Å². The van der Waals surface area contributed by atoms with Crippen molar-refractivity contribution < 1.29 is 0 Å². The third kappa shape index (κ3) is 1.88. The van der Waals surface area contributed by atoms with Crippen LogP contribution in [-0.4, -0.2) is 4.98 Å². The van der Waals surface area contributed by atoms with Gasteiger partial charge in [-0.2, -0.15) is 0 Å². The number of rotatable bonds is 1. The lowest BCUT2D eigenvalue weighted by Crippen LogP contribution is -2.18. The van der Waals surface area contributed by atoms with Crippen LogP contribution in [0.2, 0.25) is 0 Å². The van der Waals surface area contributed by atoms with Crippen molar-refractivity contribution in [1.82, 2.24) is 4.98 Å². The second kappa shape index (κ2) is 4.48. The number of nitrogens with zero attached hydrogens (tertiary/aromatic N) is 1. The van der Waals surface area contributed by atoms with Crippen molar-refractivity contribution in [2.75, 3.05) is 0 Å². The summed E-state index contributed by atoms with van der Waals surface area (Å²) in [5.41, 5.74) is 7.04. The van der Waals surface area contributed by atoms with Gasteiger partial charge >= 0.3 is 0 Å². The molecule has 0 saturated heterocycles. The summed E-state index contributed by atoms with van der Waals surface area (Å²) in [5, 5.41) is 0. The number of hydrogen-bond acceptors (Lipinski definition) is 1. The Hall–Kier alpha value is -1.63. The number of hydrogen-bond donors (Lipinski definition) is 0. The van der Waals surface area contributed by atoms with Crippen molar-refractivity contribution in [3.8, 4) is 11.3 Å². The van der Waals surface area contributed by atoms with Crippen LogP contribution in [0.15, 0.2) is 36.4 Å². The predicted molar refractivity (Wildman–Crippen MR) is 78.3 cm³/mol. The topological polar surface area (TPSA) is 12.9 Å². The predicted octanol–water partition coefficient (Wildman–Crippen LogP) is 4.50. The molecule has 0 fully saturated rings. The molecule has 1 heterocycles. The van der Waals surface area contributed by atoms with Crippen LogP contribution in [-0.2, 0) is 12.8 Å². The van der Waals surface area contributed by atoms with Crippen LogP contribution in [0.1, 0.15) is 48.4 Å². The largest absolute Gasteiger partial charge is 0.253 e. The van der Waals surface area contributed by atoms with Crippen molar-refractivity contribution in [2.24, 2.45) is 0 Å². The van der Waals surface area contributed by atoms with Gasteiger partial charge in [0.25, 0.3) is 0 Å². The van der Waals surface area contributed by atoms with E-state index in [9.17, 15) is 0 Å². The van der Waals surface area contributed by atoms with E-state index >= 15 is 0 Å². The van der Waals surface area contributed by atoms with Gasteiger partial charge in [-0.15, -0.1) is 0 Å². The summed E-state index contributed by atoms with van der Waals surface area (Å²) in [6, 6.07) is 13.0. The second-order valence-electron chi connectivity index (χ2n) is 5.87. The third-order valence-electron chi connectivity index (χ3n) is 4.67. The zero-order chi connectivity index (χ0) is 12.7. The molecule has 0 aliphatic heterocycles. The Morgan fingerprint density at radius 1 is 0.947 bits per heavy atom. The molecule has 0 bridgehead atoms. The zero-order valence-electron chi connectivity index (χ0n) is 11.2. The van der Waals surface area contributed by atoms with Crippen LogP contribution in [0.4, 0.5) is 0 Å². The standard InChI is InChI=1S/C18H19N/c1-2-6-13(7-3-1)17-12-15-10-4-8-14-9-5-11-16(19-17)18(14)15/h1-3,6-7,12,14H,4-5,8-11H2. The highest BCUT2D eigenvalue weighted by atomic mass is 14.7. The van der Waals surface area contributed by atoms with Crippen LogP contribution < -0.4 is 0 Å². The van der Waals surface area contributed by atoms with E-state index < -0.39 is 0 Å². The Morgan fingerprint density at radius 3 is 2.58 bits per heavy atom. The fraction of sp³-hybridized carbons (Fsp3) is 0.389. The molecule has 1 heteroatoms. The fourth-order valence-electron chi connectivity index (χ4n) is 3.81. The molecule has 1 nitrogen and oxygen atoms in total. The molecule has 1 unspecified atom stereocenters. The molecule has 2 aromatic rings. The SMILES string of the molecule is c1ccc(-c2cc3c4c(n2)CCCC4CCC3)cc1. The summed E-state index contributed by atoms with van der Waals surface area (Å²) in [4.78, 5) is 4.98. The first-order valence-electron chi connectivity index (χ1n) is 7.50. The molecule has 4 rings (SSSR count). The van der Waals surface area contributed by atoms with Gasteiger partial charge in [0.05, 0.1) is 5.69 Å². The highest BCUT2D eigenvalue weighted by molar-refractivity contribution is 5.61. The van der Waals surface area contributed by atoms with Crippen LogP contribution in [0.5, 0.6) is 0 Å². The maximum absolute atomic E-state index is 4.98. The Bertz CT molecular complexity index is 569. The highest BCUT2D eigenvalue weighted by Crippen LogP contribution is 2.41. The Balaban J connectivity index is 1.88. The lowest BCUT2D eigenvalue weighted by molar-refractivity contribution is 0.470. The minimum atomic E-state index is 0.810. The zero-order valence-corrected chi connectivity index (χ0v) is 11.2. The summed E-state index contributed by atoms with van der Waals surface area (Å²) in [5.74, 6) is 0.810. The third-order valence-corrected chi connectivity index (χ3v) is 4.67. The van der Waals surface area contributed by atoms with E-state index in [0.717, 1.165) is 5.92 Å². The van der Waals surface area contributed by atoms with Crippen molar-refractivity contribution in [2.45, 2.75) is 44.4 Å². The van der Waals surface area contributed by atoms with E-state index in [-0.39, 0.29) is 0 Å². The quantitative estimate of drug-likeness (QED) is 0.725. The summed E-state index contributed by atoms with van der Waals surface area (Å²) in [7, 11) is 0. The number of benzene rings is 1. The monoisotopic (exact) mass is 249 g/mol. The molecule has 0 spiro atoms. The minimum absolute atomic E-state index is 0.810. The number of aromatic nitrogens is 1. The number of aryl methyl sites for hydroxylation is 2. The second-order valence-corrected chi connectivity index (χ2v) is 5.87. The van der Waals surface area contributed by atoms with E-state index in [2.05, 4.69) is 36.4 Å². The molecular weight excluding hydrogens is 230 g/mol. The summed E-state index contributed by atoms with van der Waals surface area (Å²) < 4.78 is 0. The van der Waals surface area contributed by atoms with Gasteiger partial charge in [-0.25, -0.2) is 0 Å². The highest BCUT2D eigenvalue weighted by Gasteiger charge is 2.27. The summed E-state index contributed by atoms with van der Waals surface area (Å²) >= 11 is 0. The lowest BCUT2D eigenvalue weighted by Gasteiger charge is -2.31. The van der Waals surface area contributed by atoms with Gasteiger partial charge < -0.3 is 0 Å². The molecule has 0 radical (unpaired) electrons. The fourth-order valence-corrected chi connectivity index (χ4v) is 3.81. The molecule has 1 atom stereocenters. The van der Waals surface area contributed by atoms with Crippen LogP contribution >= 0.6 is 0 Å². The molecule has 1 aromatic carbocycles. The molecule has 19 heavy (non-hydrogen) atoms. The first kappa shape index (κ1) is 11.2. The van der Waals surface area contributed by atoms with Crippen molar-refractivity contribution in [1.29, 1.82) is 0 Å². The molecule has 96 valence electrons. The van der Waals surface area contributed by atoms with Crippen LogP contribution in [0.3, 0.4) is 0 Å². The number of pyridine rings is 1. The summed E-state index contributed by atoms with van der Waals surface area (Å²) in [6.45, 7) is 0. The van der Waals surface area contributed by atoms with E-state index in [1.165, 1.54) is 55.5 Å². The van der Waals surface area contributed by atoms with Crippen molar-refractivity contribution >= 4 is 0 Å². The molecule has 2 aliphatic rings. The van der Waals surface area contributed by atoms with Gasteiger partial charge in [0.1, 0.15) is 0 Å². The van der Waals surface area contributed by atoms with E-state index in [4.69, 9.17) is 4.98 Å². The normalized spacial score (nSPS) is 20.9. The maximum Gasteiger partial charge on any atom is 0.0708 e.